The molecule has 2 unspecified atom stereocenters. The molecule has 0 saturated heterocycles. The Hall–Kier alpha value is -2.22. The number of nitrogens with one attached hydrogen (secondary N) is 1. The van der Waals surface area contributed by atoms with Gasteiger partial charge in [-0.05, 0) is 47.6 Å². The molecule has 6 nitrogen and oxygen atoms in total. The SMILES string of the molecule is O=C(O)C(O)c1ccc2c(c1)CC(CNS(=O)(=O)c1ccccc1)C2. The lowest BCUT2D eigenvalue weighted by molar-refractivity contribution is -0.146. The number of hydrogen-bond acceptors (Lipinski definition) is 4. The van der Waals surface area contributed by atoms with E-state index in [-0.39, 0.29) is 10.8 Å². The summed E-state index contributed by atoms with van der Waals surface area (Å²) in [4.78, 5) is 11.1. The van der Waals surface area contributed by atoms with Crippen molar-refractivity contribution in [2.24, 2.45) is 5.92 Å². The molecular formula is C18H19NO5S. The highest BCUT2D eigenvalue weighted by Crippen LogP contribution is 2.29. The van der Waals surface area contributed by atoms with E-state index in [0.717, 1.165) is 17.5 Å². The second-order valence-corrected chi connectivity index (χ2v) is 7.98. The Labute approximate surface area is 146 Å². The lowest BCUT2D eigenvalue weighted by atomic mass is 10.0. The van der Waals surface area contributed by atoms with Crippen molar-refractivity contribution in [3.05, 3.63) is 65.2 Å². The lowest BCUT2D eigenvalue weighted by Gasteiger charge is -2.11. The minimum absolute atomic E-state index is 0.103. The molecule has 3 rings (SSSR count). The molecule has 2 atom stereocenters. The number of carbonyl (C=O) groups is 1. The van der Waals surface area contributed by atoms with Crippen molar-refractivity contribution >= 4 is 16.0 Å². The van der Waals surface area contributed by atoms with Gasteiger partial charge in [0, 0.05) is 6.54 Å². The van der Waals surface area contributed by atoms with Gasteiger partial charge in [0.15, 0.2) is 6.10 Å². The third-order valence-corrected chi connectivity index (χ3v) is 5.85. The average Bonchev–Trinajstić information content (AvgIpc) is 3.02. The first-order valence-electron chi connectivity index (χ1n) is 7.94. The Morgan fingerprint density at radius 3 is 2.48 bits per heavy atom. The number of carboxylic acid groups (broad SMARTS) is 1. The third kappa shape index (κ3) is 3.89. The summed E-state index contributed by atoms with van der Waals surface area (Å²) in [5, 5.41) is 18.5. The van der Waals surface area contributed by atoms with Crippen LogP contribution >= 0.6 is 0 Å². The van der Waals surface area contributed by atoms with Crippen LogP contribution < -0.4 is 4.72 Å². The van der Waals surface area contributed by atoms with Crippen LogP contribution in [0.2, 0.25) is 0 Å². The monoisotopic (exact) mass is 361 g/mol. The highest BCUT2D eigenvalue weighted by atomic mass is 32.2. The third-order valence-electron chi connectivity index (χ3n) is 4.41. The maximum absolute atomic E-state index is 12.3. The molecule has 25 heavy (non-hydrogen) atoms. The summed E-state index contributed by atoms with van der Waals surface area (Å²) in [5.74, 6) is -1.18. The number of hydrogen-bond donors (Lipinski definition) is 3. The standard InChI is InChI=1S/C18H19NO5S/c20-17(18(21)22)14-7-6-13-8-12(9-15(13)10-14)11-19-25(23,24)16-4-2-1-3-5-16/h1-7,10,12,17,19-20H,8-9,11H2,(H,21,22). The van der Waals surface area contributed by atoms with E-state index >= 15 is 0 Å². The van der Waals surface area contributed by atoms with E-state index in [1.54, 1.807) is 42.5 Å². The minimum Gasteiger partial charge on any atom is -0.479 e. The van der Waals surface area contributed by atoms with Crippen LogP contribution in [0.5, 0.6) is 0 Å². The van der Waals surface area contributed by atoms with E-state index in [1.165, 1.54) is 0 Å². The normalized spacial score (nSPS) is 17.9. The summed E-state index contributed by atoms with van der Waals surface area (Å²) in [5.41, 5.74) is 2.36. The number of aliphatic carboxylic acids is 1. The number of aliphatic hydroxyl groups is 1. The number of carboxylic acids is 1. The van der Waals surface area contributed by atoms with Crippen molar-refractivity contribution < 1.29 is 23.4 Å². The quantitative estimate of drug-likeness (QED) is 0.723. The predicted octanol–water partition coefficient (Wildman–Crippen LogP) is 1.50. The Morgan fingerprint density at radius 2 is 1.80 bits per heavy atom. The highest BCUT2D eigenvalue weighted by Gasteiger charge is 2.25. The van der Waals surface area contributed by atoms with Gasteiger partial charge in [-0.1, -0.05) is 36.4 Å². The van der Waals surface area contributed by atoms with Gasteiger partial charge in [-0.3, -0.25) is 0 Å². The van der Waals surface area contributed by atoms with Crippen molar-refractivity contribution in [2.45, 2.75) is 23.8 Å². The summed E-state index contributed by atoms with van der Waals surface area (Å²) >= 11 is 0. The number of fused-ring (bicyclic) bond motifs is 1. The Kier molecular flexibility index (Phi) is 4.89. The number of benzene rings is 2. The van der Waals surface area contributed by atoms with Gasteiger partial charge in [0.05, 0.1) is 4.90 Å². The lowest BCUT2D eigenvalue weighted by Crippen LogP contribution is -2.29. The van der Waals surface area contributed by atoms with Crippen LogP contribution in [0.4, 0.5) is 0 Å². The van der Waals surface area contributed by atoms with E-state index < -0.39 is 22.1 Å². The first-order chi connectivity index (χ1) is 11.9. The van der Waals surface area contributed by atoms with Gasteiger partial charge in [-0.25, -0.2) is 17.9 Å². The Morgan fingerprint density at radius 1 is 1.12 bits per heavy atom. The van der Waals surface area contributed by atoms with Crippen LogP contribution in [0.25, 0.3) is 0 Å². The Balaban J connectivity index is 1.66. The smallest absolute Gasteiger partial charge is 0.337 e. The van der Waals surface area contributed by atoms with Crippen LogP contribution in [-0.4, -0.2) is 31.1 Å². The molecule has 1 aliphatic rings. The molecule has 0 heterocycles. The zero-order valence-electron chi connectivity index (χ0n) is 13.4. The van der Waals surface area contributed by atoms with Crippen molar-refractivity contribution in [1.29, 1.82) is 0 Å². The van der Waals surface area contributed by atoms with Gasteiger partial charge >= 0.3 is 5.97 Å². The summed E-state index contributed by atoms with van der Waals surface area (Å²) in [7, 11) is -3.54. The van der Waals surface area contributed by atoms with Gasteiger partial charge in [0.2, 0.25) is 10.0 Å². The van der Waals surface area contributed by atoms with E-state index in [0.29, 0.717) is 18.5 Å². The van der Waals surface area contributed by atoms with Crippen molar-refractivity contribution in [2.75, 3.05) is 6.54 Å². The molecule has 0 radical (unpaired) electrons. The summed E-state index contributed by atoms with van der Waals surface area (Å²) in [6.45, 7) is 0.308. The first-order valence-corrected chi connectivity index (χ1v) is 9.42. The van der Waals surface area contributed by atoms with Crippen LogP contribution in [0, 0.1) is 5.92 Å². The molecular weight excluding hydrogens is 342 g/mol. The van der Waals surface area contributed by atoms with Crippen LogP contribution in [0.3, 0.4) is 0 Å². The number of aliphatic hydroxyl groups excluding tert-OH is 1. The van der Waals surface area contributed by atoms with E-state index in [9.17, 15) is 18.3 Å². The second kappa shape index (κ2) is 6.95. The molecule has 2 aromatic rings. The largest absolute Gasteiger partial charge is 0.479 e. The second-order valence-electron chi connectivity index (χ2n) is 6.21. The van der Waals surface area contributed by atoms with E-state index in [1.807, 2.05) is 6.07 Å². The van der Waals surface area contributed by atoms with Gasteiger partial charge in [0.1, 0.15) is 0 Å². The minimum atomic E-state index is -3.54. The highest BCUT2D eigenvalue weighted by molar-refractivity contribution is 7.89. The van der Waals surface area contributed by atoms with Crippen LogP contribution in [0.1, 0.15) is 22.8 Å². The average molecular weight is 361 g/mol. The molecule has 3 N–H and O–H groups in total. The molecule has 0 aromatic heterocycles. The molecule has 132 valence electrons. The molecule has 1 aliphatic carbocycles. The molecule has 2 aromatic carbocycles. The van der Waals surface area contributed by atoms with Gasteiger partial charge in [-0.2, -0.15) is 0 Å². The van der Waals surface area contributed by atoms with E-state index in [2.05, 4.69) is 4.72 Å². The molecule has 0 aliphatic heterocycles. The summed E-state index contributed by atoms with van der Waals surface area (Å²) in [6.07, 6.45) is -0.177. The Bertz CT molecular complexity index is 880. The van der Waals surface area contributed by atoms with Gasteiger partial charge in [-0.15, -0.1) is 0 Å². The van der Waals surface area contributed by atoms with Gasteiger partial charge in [0.25, 0.3) is 0 Å². The molecule has 0 bridgehead atoms. The maximum Gasteiger partial charge on any atom is 0.337 e. The zero-order valence-corrected chi connectivity index (χ0v) is 14.2. The maximum atomic E-state index is 12.3. The number of sulfonamides is 1. The molecule has 0 amide bonds. The first kappa shape index (κ1) is 17.6. The van der Waals surface area contributed by atoms with Crippen LogP contribution in [0.15, 0.2) is 53.4 Å². The fraction of sp³-hybridized carbons (Fsp3) is 0.278. The molecule has 0 fully saturated rings. The topological polar surface area (TPSA) is 104 Å². The summed E-state index contributed by atoms with van der Waals surface area (Å²) in [6, 6.07) is 13.3. The fourth-order valence-electron chi connectivity index (χ4n) is 3.10. The van der Waals surface area contributed by atoms with Crippen LogP contribution in [-0.2, 0) is 27.7 Å². The van der Waals surface area contributed by atoms with Crippen molar-refractivity contribution in [1.82, 2.24) is 4.72 Å². The van der Waals surface area contributed by atoms with Crippen molar-refractivity contribution in [3.8, 4) is 0 Å². The van der Waals surface area contributed by atoms with E-state index in [4.69, 9.17) is 5.11 Å². The van der Waals surface area contributed by atoms with Crippen molar-refractivity contribution in [3.63, 3.8) is 0 Å². The van der Waals surface area contributed by atoms with Gasteiger partial charge < -0.3 is 10.2 Å². The molecule has 0 saturated carbocycles. The predicted molar refractivity (Wildman–Crippen MR) is 91.6 cm³/mol. The fourth-order valence-corrected chi connectivity index (χ4v) is 4.23. The molecule has 0 spiro atoms. The number of rotatable bonds is 6. The summed E-state index contributed by atoms with van der Waals surface area (Å²) < 4.78 is 27.2. The zero-order chi connectivity index (χ0) is 18.0. The molecule has 7 heteroatoms.